The van der Waals surface area contributed by atoms with Gasteiger partial charge in [0.25, 0.3) is 5.91 Å². The van der Waals surface area contributed by atoms with Gasteiger partial charge in [0.15, 0.2) is 0 Å². The van der Waals surface area contributed by atoms with Crippen molar-refractivity contribution in [2.24, 2.45) is 7.05 Å². The molecule has 0 saturated carbocycles. The number of rotatable bonds is 3. The number of aromatic nitrogens is 3. The number of benzene rings is 2. The van der Waals surface area contributed by atoms with Gasteiger partial charge in [-0.05, 0) is 49.1 Å². The quantitative estimate of drug-likeness (QED) is 0.481. The summed E-state index contributed by atoms with van der Waals surface area (Å²) >= 11 is 1.71. The normalized spacial score (nSPS) is 17.0. The van der Waals surface area contributed by atoms with E-state index in [0.29, 0.717) is 0 Å². The fourth-order valence-electron chi connectivity index (χ4n) is 4.03. The molecule has 2 aromatic heterocycles. The molecule has 0 N–H and O–H groups in total. The number of carbonyl (C=O) groups is 1. The van der Waals surface area contributed by atoms with Gasteiger partial charge in [-0.1, -0.05) is 24.3 Å². The van der Waals surface area contributed by atoms with Crippen LogP contribution in [-0.4, -0.2) is 32.1 Å². The molecule has 0 spiro atoms. The minimum absolute atomic E-state index is 0.0516. The second-order valence-corrected chi connectivity index (χ2v) is 8.58. The molecule has 1 saturated heterocycles. The number of fused-ring (bicyclic) bond motifs is 1. The van der Waals surface area contributed by atoms with Gasteiger partial charge in [0.05, 0.1) is 22.5 Å². The molecule has 5 rings (SSSR count). The molecule has 0 aliphatic carbocycles. The maximum atomic E-state index is 13.5. The Morgan fingerprint density at radius 1 is 1.10 bits per heavy atom. The molecule has 146 valence electrons. The third-order valence-electron chi connectivity index (χ3n) is 5.51. The summed E-state index contributed by atoms with van der Waals surface area (Å²) in [6, 6.07) is 16.1. The Balaban J connectivity index is 1.47. The molecule has 2 aromatic carbocycles. The molecular weight excluding hydrogens is 380 g/mol. The molecule has 4 aromatic rings. The summed E-state index contributed by atoms with van der Waals surface area (Å²) < 4.78 is 2.96. The van der Waals surface area contributed by atoms with Crippen molar-refractivity contribution < 1.29 is 4.79 Å². The fraction of sp³-hybridized carbons (Fsp3) is 0.261. The van der Waals surface area contributed by atoms with E-state index in [0.717, 1.165) is 53.0 Å². The second kappa shape index (κ2) is 7.44. The summed E-state index contributed by atoms with van der Waals surface area (Å²) in [6.07, 6.45) is 6.92. The van der Waals surface area contributed by atoms with E-state index in [1.807, 2.05) is 66.8 Å². The highest BCUT2D eigenvalue weighted by Gasteiger charge is 2.31. The zero-order valence-electron chi connectivity index (χ0n) is 16.3. The van der Waals surface area contributed by atoms with E-state index in [1.165, 1.54) is 4.70 Å². The van der Waals surface area contributed by atoms with Gasteiger partial charge in [-0.2, -0.15) is 5.10 Å². The first-order valence-electron chi connectivity index (χ1n) is 9.94. The van der Waals surface area contributed by atoms with Crippen molar-refractivity contribution >= 4 is 27.5 Å². The molecule has 1 fully saturated rings. The highest BCUT2D eigenvalue weighted by atomic mass is 32.1. The Labute approximate surface area is 173 Å². The third kappa shape index (κ3) is 3.44. The molecule has 5 nitrogen and oxygen atoms in total. The smallest absolute Gasteiger partial charge is 0.254 e. The van der Waals surface area contributed by atoms with Crippen LogP contribution in [0.4, 0.5) is 0 Å². The number of piperidine rings is 1. The standard InChI is InChI=1S/C23H22N4OS/c1-26-15-18(14-24-26)16-7-6-8-17(13-16)23(28)27-12-5-4-10-20(27)22-25-19-9-2-3-11-21(19)29-22/h2-3,6-9,11,13-15,20H,4-5,10,12H2,1H3. The van der Waals surface area contributed by atoms with Crippen molar-refractivity contribution in [1.29, 1.82) is 0 Å². The van der Waals surface area contributed by atoms with Crippen molar-refractivity contribution in [1.82, 2.24) is 19.7 Å². The number of aryl methyl sites for hydroxylation is 1. The molecule has 1 aliphatic heterocycles. The van der Waals surface area contributed by atoms with Crippen LogP contribution < -0.4 is 0 Å². The highest BCUT2D eigenvalue weighted by Crippen LogP contribution is 2.36. The number of amides is 1. The van der Waals surface area contributed by atoms with Gasteiger partial charge < -0.3 is 4.90 Å². The number of nitrogens with zero attached hydrogens (tertiary/aromatic N) is 4. The molecule has 0 radical (unpaired) electrons. The van der Waals surface area contributed by atoms with E-state index in [2.05, 4.69) is 11.2 Å². The maximum absolute atomic E-state index is 13.5. The van der Waals surface area contributed by atoms with E-state index < -0.39 is 0 Å². The fourth-order valence-corrected chi connectivity index (χ4v) is 5.15. The van der Waals surface area contributed by atoms with Crippen molar-refractivity contribution in [3.05, 3.63) is 71.5 Å². The average Bonchev–Trinajstić information content (AvgIpc) is 3.39. The van der Waals surface area contributed by atoms with Crippen LogP contribution in [0.2, 0.25) is 0 Å². The monoisotopic (exact) mass is 402 g/mol. The van der Waals surface area contributed by atoms with Crippen LogP contribution in [0, 0.1) is 0 Å². The van der Waals surface area contributed by atoms with E-state index in [-0.39, 0.29) is 11.9 Å². The van der Waals surface area contributed by atoms with Crippen LogP contribution >= 0.6 is 11.3 Å². The average molecular weight is 403 g/mol. The summed E-state index contributed by atoms with van der Waals surface area (Å²) in [6.45, 7) is 0.774. The number of likely N-dealkylation sites (tertiary alicyclic amines) is 1. The first-order chi connectivity index (χ1) is 14.2. The lowest BCUT2D eigenvalue weighted by Gasteiger charge is -2.34. The molecule has 1 atom stereocenters. The Morgan fingerprint density at radius 2 is 2.00 bits per heavy atom. The maximum Gasteiger partial charge on any atom is 0.254 e. The van der Waals surface area contributed by atoms with Gasteiger partial charge in [0.2, 0.25) is 0 Å². The molecule has 1 aliphatic rings. The summed E-state index contributed by atoms with van der Waals surface area (Å²) in [5.41, 5.74) is 3.77. The first-order valence-corrected chi connectivity index (χ1v) is 10.8. The Hall–Kier alpha value is -2.99. The minimum atomic E-state index is 0.0516. The summed E-state index contributed by atoms with van der Waals surface area (Å²) in [5, 5.41) is 5.29. The lowest BCUT2D eigenvalue weighted by molar-refractivity contribution is 0.0611. The van der Waals surface area contributed by atoms with Crippen LogP contribution in [0.5, 0.6) is 0 Å². The van der Waals surface area contributed by atoms with Gasteiger partial charge >= 0.3 is 0 Å². The molecule has 1 unspecified atom stereocenters. The lowest BCUT2D eigenvalue weighted by Crippen LogP contribution is -2.38. The van der Waals surface area contributed by atoms with Gasteiger partial charge in [-0.3, -0.25) is 9.48 Å². The van der Waals surface area contributed by atoms with E-state index in [1.54, 1.807) is 16.0 Å². The number of carbonyl (C=O) groups excluding carboxylic acids is 1. The molecule has 3 heterocycles. The predicted octanol–water partition coefficient (Wildman–Crippen LogP) is 5.06. The van der Waals surface area contributed by atoms with Gasteiger partial charge in [0, 0.05) is 30.9 Å². The van der Waals surface area contributed by atoms with E-state index >= 15 is 0 Å². The van der Waals surface area contributed by atoms with Crippen LogP contribution in [0.3, 0.4) is 0 Å². The van der Waals surface area contributed by atoms with Crippen LogP contribution in [0.25, 0.3) is 21.3 Å². The predicted molar refractivity (Wildman–Crippen MR) is 116 cm³/mol. The zero-order chi connectivity index (χ0) is 19.8. The molecular formula is C23H22N4OS. The number of thiazole rings is 1. The number of hydrogen-bond donors (Lipinski definition) is 0. The summed E-state index contributed by atoms with van der Waals surface area (Å²) in [7, 11) is 1.90. The van der Waals surface area contributed by atoms with E-state index in [4.69, 9.17) is 4.98 Å². The highest BCUT2D eigenvalue weighted by molar-refractivity contribution is 7.18. The topological polar surface area (TPSA) is 51.0 Å². The van der Waals surface area contributed by atoms with Crippen molar-refractivity contribution in [3.63, 3.8) is 0 Å². The van der Waals surface area contributed by atoms with Crippen LogP contribution in [0.1, 0.15) is 40.7 Å². The molecule has 0 bridgehead atoms. The van der Waals surface area contributed by atoms with Crippen molar-refractivity contribution in [2.75, 3.05) is 6.54 Å². The Morgan fingerprint density at radius 3 is 2.83 bits per heavy atom. The van der Waals surface area contributed by atoms with E-state index in [9.17, 15) is 4.79 Å². The molecule has 29 heavy (non-hydrogen) atoms. The van der Waals surface area contributed by atoms with Gasteiger partial charge in [-0.15, -0.1) is 11.3 Å². The van der Waals surface area contributed by atoms with Gasteiger partial charge in [0.1, 0.15) is 5.01 Å². The van der Waals surface area contributed by atoms with Crippen LogP contribution in [-0.2, 0) is 7.05 Å². The second-order valence-electron chi connectivity index (χ2n) is 7.51. The summed E-state index contributed by atoms with van der Waals surface area (Å²) in [4.78, 5) is 20.3. The summed E-state index contributed by atoms with van der Waals surface area (Å²) in [5.74, 6) is 0.0831. The number of para-hydroxylation sites is 1. The number of hydrogen-bond acceptors (Lipinski definition) is 4. The SMILES string of the molecule is Cn1cc(-c2cccc(C(=O)N3CCCCC3c3nc4ccccc4s3)c2)cn1. The first kappa shape index (κ1) is 18.1. The van der Waals surface area contributed by atoms with Crippen molar-refractivity contribution in [3.8, 4) is 11.1 Å². The minimum Gasteiger partial charge on any atom is -0.329 e. The molecule has 1 amide bonds. The van der Waals surface area contributed by atoms with Gasteiger partial charge in [-0.25, -0.2) is 4.98 Å². The lowest BCUT2D eigenvalue weighted by atomic mass is 10.00. The third-order valence-corrected chi connectivity index (χ3v) is 6.64. The Bertz CT molecular complexity index is 1150. The van der Waals surface area contributed by atoms with Crippen molar-refractivity contribution in [2.45, 2.75) is 25.3 Å². The largest absolute Gasteiger partial charge is 0.329 e. The molecule has 6 heteroatoms. The van der Waals surface area contributed by atoms with Crippen LogP contribution in [0.15, 0.2) is 60.9 Å². The Kier molecular flexibility index (Phi) is 4.64. The zero-order valence-corrected chi connectivity index (χ0v) is 17.1.